The third kappa shape index (κ3) is 6.50. The SMILES string of the molecule is CCN(CC1CCC(CC=O)CC1)C(C)C.CO. The molecule has 0 amide bonds. The molecule has 0 aromatic carbocycles. The zero-order valence-electron chi connectivity index (χ0n) is 12.6. The van der Waals surface area contributed by atoms with Gasteiger partial charge in [-0.05, 0) is 57.9 Å². The summed E-state index contributed by atoms with van der Waals surface area (Å²) in [5.41, 5.74) is 0. The van der Waals surface area contributed by atoms with Crippen LogP contribution in [0.3, 0.4) is 0 Å². The summed E-state index contributed by atoms with van der Waals surface area (Å²) in [5.74, 6) is 1.55. The number of aliphatic hydroxyl groups is 1. The van der Waals surface area contributed by atoms with Crippen LogP contribution in [-0.4, -0.2) is 42.5 Å². The molecule has 1 aliphatic carbocycles. The highest BCUT2D eigenvalue weighted by molar-refractivity contribution is 5.49. The van der Waals surface area contributed by atoms with E-state index in [4.69, 9.17) is 5.11 Å². The van der Waals surface area contributed by atoms with Gasteiger partial charge < -0.3 is 14.8 Å². The second-order valence-electron chi connectivity index (χ2n) is 5.47. The lowest BCUT2D eigenvalue weighted by Gasteiger charge is -2.33. The fraction of sp³-hybridized carbons (Fsp3) is 0.933. The van der Waals surface area contributed by atoms with E-state index in [0.29, 0.717) is 12.0 Å². The summed E-state index contributed by atoms with van der Waals surface area (Å²) in [6, 6.07) is 0.665. The topological polar surface area (TPSA) is 40.5 Å². The number of hydrogen-bond acceptors (Lipinski definition) is 3. The Bertz CT molecular complexity index is 199. The van der Waals surface area contributed by atoms with Gasteiger partial charge in [-0.15, -0.1) is 0 Å². The molecule has 3 nitrogen and oxygen atoms in total. The summed E-state index contributed by atoms with van der Waals surface area (Å²) in [6.07, 6.45) is 7.05. The molecular formula is C15H31NO2. The molecule has 1 aliphatic rings. The van der Waals surface area contributed by atoms with Gasteiger partial charge in [0.15, 0.2) is 0 Å². The Balaban J connectivity index is 0.00000137. The first-order valence-corrected chi connectivity index (χ1v) is 7.29. The molecule has 0 heterocycles. The molecule has 1 saturated carbocycles. The van der Waals surface area contributed by atoms with Crippen molar-refractivity contribution in [2.75, 3.05) is 20.2 Å². The highest BCUT2D eigenvalue weighted by atomic mass is 16.2. The van der Waals surface area contributed by atoms with Crippen molar-refractivity contribution in [1.29, 1.82) is 0 Å². The molecule has 1 rings (SSSR count). The number of aliphatic hydroxyl groups excluding tert-OH is 1. The summed E-state index contributed by atoms with van der Waals surface area (Å²) in [7, 11) is 1.00. The van der Waals surface area contributed by atoms with Crippen LogP contribution >= 0.6 is 0 Å². The van der Waals surface area contributed by atoms with Crippen molar-refractivity contribution in [2.24, 2.45) is 11.8 Å². The lowest BCUT2D eigenvalue weighted by Crippen LogP contribution is -2.36. The monoisotopic (exact) mass is 257 g/mol. The quantitative estimate of drug-likeness (QED) is 0.744. The van der Waals surface area contributed by atoms with Crippen molar-refractivity contribution in [3.63, 3.8) is 0 Å². The zero-order valence-corrected chi connectivity index (χ0v) is 12.6. The first-order valence-electron chi connectivity index (χ1n) is 7.29. The van der Waals surface area contributed by atoms with Gasteiger partial charge in [0.05, 0.1) is 0 Å². The van der Waals surface area contributed by atoms with E-state index in [1.54, 1.807) is 0 Å². The highest BCUT2D eigenvalue weighted by Gasteiger charge is 2.22. The molecule has 0 bridgehead atoms. The van der Waals surface area contributed by atoms with Gasteiger partial charge in [-0.3, -0.25) is 0 Å². The molecule has 0 aromatic rings. The minimum atomic E-state index is 0.665. The summed E-state index contributed by atoms with van der Waals surface area (Å²) in [5, 5.41) is 7.00. The number of aldehydes is 1. The highest BCUT2D eigenvalue weighted by Crippen LogP contribution is 2.30. The van der Waals surface area contributed by atoms with Crippen molar-refractivity contribution in [2.45, 2.75) is 58.9 Å². The van der Waals surface area contributed by atoms with E-state index in [-0.39, 0.29) is 0 Å². The number of hydrogen-bond donors (Lipinski definition) is 1. The van der Waals surface area contributed by atoms with Crippen molar-refractivity contribution < 1.29 is 9.90 Å². The number of carbonyl (C=O) groups excluding carboxylic acids is 1. The fourth-order valence-corrected chi connectivity index (χ4v) is 2.82. The maximum atomic E-state index is 10.5. The van der Waals surface area contributed by atoms with Crippen LogP contribution in [0.15, 0.2) is 0 Å². The van der Waals surface area contributed by atoms with E-state index in [0.717, 1.165) is 32.3 Å². The number of carbonyl (C=O) groups is 1. The fourth-order valence-electron chi connectivity index (χ4n) is 2.82. The van der Waals surface area contributed by atoms with Crippen molar-refractivity contribution >= 4 is 6.29 Å². The normalized spacial score (nSPS) is 23.7. The maximum absolute atomic E-state index is 10.5. The summed E-state index contributed by atoms with van der Waals surface area (Å²) in [4.78, 5) is 13.0. The van der Waals surface area contributed by atoms with E-state index >= 15 is 0 Å². The van der Waals surface area contributed by atoms with Crippen LogP contribution in [0.4, 0.5) is 0 Å². The van der Waals surface area contributed by atoms with Gasteiger partial charge in [0.1, 0.15) is 6.29 Å². The largest absolute Gasteiger partial charge is 0.400 e. The Morgan fingerprint density at radius 2 is 1.67 bits per heavy atom. The number of rotatable bonds is 6. The Morgan fingerprint density at radius 1 is 1.17 bits per heavy atom. The van der Waals surface area contributed by atoms with Crippen molar-refractivity contribution in [3.8, 4) is 0 Å². The second kappa shape index (κ2) is 10.5. The Kier molecular flexibility index (Phi) is 10.3. The van der Waals surface area contributed by atoms with Gasteiger partial charge in [-0.2, -0.15) is 0 Å². The molecule has 0 radical (unpaired) electrons. The first kappa shape index (κ1) is 17.6. The predicted molar refractivity (Wildman–Crippen MR) is 76.7 cm³/mol. The van der Waals surface area contributed by atoms with Gasteiger partial charge in [-0.25, -0.2) is 0 Å². The summed E-state index contributed by atoms with van der Waals surface area (Å²) >= 11 is 0. The maximum Gasteiger partial charge on any atom is 0.120 e. The van der Waals surface area contributed by atoms with Crippen LogP contribution in [-0.2, 0) is 4.79 Å². The molecule has 18 heavy (non-hydrogen) atoms. The molecule has 1 fully saturated rings. The van der Waals surface area contributed by atoms with E-state index in [9.17, 15) is 4.79 Å². The minimum absolute atomic E-state index is 0.665. The van der Waals surface area contributed by atoms with Crippen LogP contribution in [0.1, 0.15) is 52.9 Å². The minimum Gasteiger partial charge on any atom is -0.400 e. The third-order valence-electron chi connectivity index (χ3n) is 4.03. The Hall–Kier alpha value is -0.410. The zero-order chi connectivity index (χ0) is 14.0. The average molecular weight is 257 g/mol. The van der Waals surface area contributed by atoms with Crippen LogP contribution in [0, 0.1) is 11.8 Å². The van der Waals surface area contributed by atoms with Gasteiger partial charge in [-0.1, -0.05) is 6.92 Å². The lowest BCUT2D eigenvalue weighted by atomic mass is 9.80. The van der Waals surface area contributed by atoms with Crippen LogP contribution < -0.4 is 0 Å². The lowest BCUT2D eigenvalue weighted by molar-refractivity contribution is -0.108. The molecule has 0 unspecified atom stereocenters. The van der Waals surface area contributed by atoms with Gasteiger partial charge >= 0.3 is 0 Å². The Morgan fingerprint density at radius 3 is 2.06 bits per heavy atom. The summed E-state index contributed by atoms with van der Waals surface area (Å²) in [6.45, 7) is 9.22. The molecule has 0 atom stereocenters. The van der Waals surface area contributed by atoms with Crippen LogP contribution in [0.25, 0.3) is 0 Å². The molecule has 0 aromatic heterocycles. The van der Waals surface area contributed by atoms with Crippen molar-refractivity contribution in [1.82, 2.24) is 4.90 Å². The standard InChI is InChI=1S/C14H27NO.CH4O/c1-4-15(12(2)3)11-14-7-5-13(6-8-14)9-10-16;1-2/h10,12-14H,4-9,11H2,1-3H3;2H,1H3. The Labute approximate surface area is 113 Å². The molecule has 0 saturated heterocycles. The van der Waals surface area contributed by atoms with Gasteiger partial charge in [0.2, 0.25) is 0 Å². The second-order valence-corrected chi connectivity index (χ2v) is 5.47. The third-order valence-corrected chi connectivity index (χ3v) is 4.03. The van der Waals surface area contributed by atoms with E-state index in [1.807, 2.05) is 0 Å². The van der Waals surface area contributed by atoms with Crippen LogP contribution in [0.2, 0.25) is 0 Å². The van der Waals surface area contributed by atoms with E-state index in [2.05, 4.69) is 25.7 Å². The molecule has 0 aliphatic heterocycles. The predicted octanol–water partition coefficient (Wildman–Crippen LogP) is 2.72. The molecule has 0 spiro atoms. The van der Waals surface area contributed by atoms with Crippen molar-refractivity contribution in [3.05, 3.63) is 0 Å². The first-order chi connectivity index (χ1) is 8.67. The van der Waals surface area contributed by atoms with E-state index < -0.39 is 0 Å². The smallest absolute Gasteiger partial charge is 0.120 e. The van der Waals surface area contributed by atoms with Gasteiger partial charge in [0, 0.05) is 26.1 Å². The average Bonchev–Trinajstić information content (AvgIpc) is 2.40. The van der Waals surface area contributed by atoms with Gasteiger partial charge in [0.25, 0.3) is 0 Å². The molecule has 3 heteroatoms. The van der Waals surface area contributed by atoms with E-state index in [1.165, 1.54) is 32.2 Å². The summed E-state index contributed by atoms with van der Waals surface area (Å²) < 4.78 is 0. The molecular weight excluding hydrogens is 226 g/mol. The van der Waals surface area contributed by atoms with Crippen LogP contribution in [0.5, 0.6) is 0 Å². The molecule has 1 N–H and O–H groups in total. The number of nitrogens with zero attached hydrogens (tertiary/aromatic N) is 1. The molecule has 108 valence electrons.